The van der Waals surface area contributed by atoms with Crippen molar-refractivity contribution in [3.05, 3.63) is 35.9 Å². The smallest absolute Gasteiger partial charge is 0.261 e. The zero-order valence-electron chi connectivity index (χ0n) is 21.7. The Hall–Kier alpha value is -2.94. The van der Waals surface area contributed by atoms with Crippen molar-refractivity contribution >= 4 is 15.9 Å². The third kappa shape index (κ3) is 6.24. The number of imidazole rings is 1. The normalized spacial score (nSPS) is 19.2. The quantitative estimate of drug-likeness (QED) is 0.556. The lowest BCUT2D eigenvalue weighted by atomic mass is 10.00. The van der Waals surface area contributed by atoms with Crippen molar-refractivity contribution in [2.75, 3.05) is 26.7 Å². The Balaban J connectivity index is 1.97. The van der Waals surface area contributed by atoms with Crippen molar-refractivity contribution in [3.63, 3.8) is 0 Å². The molecule has 0 radical (unpaired) electrons. The molecule has 0 unspecified atom stereocenters. The van der Waals surface area contributed by atoms with Crippen LogP contribution in [0.4, 0.5) is 0 Å². The molecule has 0 aromatic carbocycles. The highest BCUT2D eigenvalue weighted by Crippen LogP contribution is 2.28. The van der Waals surface area contributed by atoms with Crippen molar-refractivity contribution in [2.24, 2.45) is 18.9 Å². The van der Waals surface area contributed by atoms with Crippen LogP contribution >= 0.6 is 0 Å². The molecule has 2 aromatic heterocycles. The first kappa shape index (κ1) is 27.6. The number of rotatable bonds is 7. The number of carbonyl (C=O) groups is 1. The number of aliphatic hydroxyl groups excluding tert-OH is 1. The highest BCUT2D eigenvalue weighted by Gasteiger charge is 2.36. The second-order valence-electron chi connectivity index (χ2n) is 9.76. The Bertz CT molecular complexity index is 1250. The predicted octanol–water partition coefficient (Wildman–Crippen LogP) is 1.75. The van der Waals surface area contributed by atoms with Crippen molar-refractivity contribution in [1.29, 1.82) is 0 Å². The van der Waals surface area contributed by atoms with E-state index in [0.29, 0.717) is 17.9 Å². The van der Waals surface area contributed by atoms with E-state index in [1.807, 2.05) is 6.92 Å². The predicted molar refractivity (Wildman–Crippen MR) is 135 cm³/mol. The molecule has 0 spiro atoms. The summed E-state index contributed by atoms with van der Waals surface area (Å²) in [6, 6.07) is 1.20. The molecule has 10 nitrogen and oxygen atoms in total. The van der Waals surface area contributed by atoms with Crippen LogP contribution in [0.5, 0.6) is 5.88 Å². The second kappa shape index (κ2) is 11.4. The van der Waals surface area contributed by atoms with Crippen LogP contribution in [-0.4, -0.2) is 82.1 Å². The van der Waals surface area contributed by atoms with Gasteiger partial charge in [0.1, 0.15) is 11.7 Å². The molecule has 0 bridgehead atoms. The van der Waals surface area contributed by atoms with Gasteiger partial charge in [0.25, 0.3) is 15.9 Å². The highest BCUT2D eigenvalue weighted by molar-refractivity contribution is 7.89. The molecule has 1 aliphatic heterocycles. The Morgan fingerprint density at radius 2 is 2.03 bits per heavy atom. The van der Waals surface area contributed by atoms with Gasteiger partial charge in [0, 0.05) is 50.9 Å². The number of hydrogen-bond donors (Lipinski definition) is 1. The molecule has 3 rings (SSSR count). The standard InChI is InChI=1S/C25H35N5O5S/c1-17(2)8-7-9-20-10-21-24(26-11-20)35-22(18(3)12-30(25(21)32)19(4)15-31)13-29(6)36(33,34)23-14-28(5)16-27-23/h10-11,14,16-19,22,31H,8,12-13,15H2,1-6H3/t18-,19-,22-/m1/s1. The second-order valence-corrected chi connectivity index (χ2v) is 11.8. The molecule has 0 saturated heterocycles. The highest BCUT2D eigenvalue weighted by atomic mass is 32.2. The average Bonchev–Trinajstić information content (AvgIpc) is 3.27. The Labute approximate surface area is 213 Å². The summed E-state index contributed by atoms with van der Waals surface area (Å²) in [4.78, 5) is 23.4. The third-order valence-corrected chi connectivity index (χ3v) is 7.77. The molecule has 0 saturated carbocycles. The van der Waals surface area contributed by atoms with Crippen LogP contribution in [-0.2, 0) is 17.1 Å². The minimum atomic E-state index is -3.85. The number of ether oxygens (including phenoxy) is 1. The number of sulfonamides is 1. The fraction of sp³-hybridized carbons (Fsp3) is 0.560. The van der Waals surface area contributed by atoms with E-state index < -0.39 is 22.2 Å². The fourth-order valence-corrected chi connectivity index (χ4v) is 4.92. The molecule has 11 heteroatoms. The number of aliphatic hydroxyl groups is 1. The van der Waals surface area contributed by atoms with Gasteiger partial charge in [-0.1, -0.05) is 32.6 Å². The van der Waals surface area contributed by atoms with Gasteiger partial charge in [-0.3, -0.25) is 4.79 Å². The summed E-state index contributed by atoms with van der Waals surface area (Å²) in [5, 5.41) is 9.75. The average molecular weight is 518 g/mol. The van der Waals surface area contributed by atoms with E-state index in [1.54, 1.807) is 35.7 Å². The number of likely N-dealkylation sites (N-methyl/N-ethyl adjacent to an activating group) is 1. The van der Waals surface area contributed by atoms with Crippen LogP contribution in [0.15, 0.2) is 29.8 Å². The maximum Gasteiger partial charge on any atom is 0.261 e. The van der Waals surface area contributed by atoms with Crippen molar-refractivity contribution in [3.8, 4) is 17.7 Å². The molecule has 1 amide bonds. The van der Waals surface area contributed by atoms with Gasteiger partial charge in [-0.25, -0.2) is 18.4 Å². The molecule has 0 aliphatic carbocycles. The number of hydrogen-bond acceptors (Lipinski definition) is 7. The number of fused-ring (bicyclic) bond motifs is 1. The van der Waals surface area contributed by atoms with Crippen LogP contribution < -0.4 is 4.74 Å². The molecule has 3 heterocycles. The summed E-state index contributed by atoms with van der Waals surface area (Å²) in [5.74, 6) is 6.10. The maximum absolute atomic E-state index is 13.5. The van der Waals surface area contributed by atoms with Crippen LogP contribution in [0.3, 0.4) is 0 Å². The Morgan fingerprint density at radius 1 is 1.31 bits per heavy atom. The van der Waals surface area contributed by atoms with Gasteiger partial charge in [0.05, 0.1) is 25.5 Å². The number of aryl methyl sites for hydroxylation is 1. The third-order valence-electron chi connectivity index (χ3n) is 6.06. The largest absolute Gasteiger partial charge is 0.472 e. The molecule has 196 valence electrons. The van der Waals surface area contributed by atoms with E-state index >= 15 is 0 Å². The molecule has 3 atom stereocenters. The van der Waals surface area contributed by atoms with Crippen molar-refractivity contribution in [1.82, 2.24) is 23.7 Å². The molecule has 2 aromatic rings. The van der Waals surface area contributed by atoms with E-state index in [2.05, 4.69) is 35.7 Å². The van der Waals surface area contributed by atoms with Gasteiger partial charge in [-0.05, 0) is 18.9 Å². The van der Waals surface area contributed by atoms with Gasteiger partial charge >= 0.3 is 0 Å². The van der Waals surface area contributed by atoms with Crippen LogP contribution in [0, 0.1) is 23.7 Å². The van der Waals surface area contributed by atoms with Crippen LogP contribution in [0.1, 0.15) is 50.0 Å². The van der Waals surface area contributed by atoms with Gasteiger partial charge in [0.15, 0.2) is 5.03 Å². The van der Waals surface area contributed by atoms with Gasteiger partial charge in [-0.2, -0.15) is 4.31 Å². The van der Waals surface area contributed by atoms with Crippen LogP contribution in [0.2, 0.25) is 0 Å². The van der Waals surface area contributed by atoms with E-state index in [1.165, 1.54) is 23.9 Å². The lowest BCUT2D eigenvalue weighted by Crippen LogP contribution is -2.50. The molecule has 1 aliphatic rings. The molecule has 0 fully saturated rings. The summed E-state index contributed by atoms with van der Waals surface area (Å²) in [6.07, 6.45) is 4.52. The number of pyridine rings is 1. The fourth-order valence-electron chi connectivity index (χ4n) is 3.78. The summed E-state index contributed by atoms with van der Waals surface area (Å²) in [7, 11) is -0.676. The first-order chi connectivity index (χ1) is 16.9. The minimum Gasteiger partial charge on any atom is -0.472 e. The SMILES string of the molecule is CC(C)CC#Cc1cnc2c(c1)C(=O)N([C@H](C)CO)C[C@@H](C)[C@@H](CN(C)S(=O)(=O)c1cn(C)cn1)O2. The Kier molecular flexibility index (Phi) is 8.76. The summed E-state index contributed by atoms with van der Waals surface area (Å²) < 4.78 is 35.1. The lowest BCUT2D eigenvalue weighted by molar-refractivity contribution is 0.0373. The summed E-state index contributed by atoms with van der Waals surface area (Å²) >= 11 is 0. The monoisotopic (exact) mass is 517 g/mol. The Morgan fingerprint density at radius 3 is 2.64 bits per heavy atom. The summed E-state index contributed by atoms with van der Waals surface area (Å²) in [5.41, 5.74) is 0.821. The maximum atomic E-state index is 13.5. The number of carbonyl (C=O) groups excluding carboxylic acids is 1. The van der Waals surface area contributed by atoms with E-state index in [4.69, 9.17) is 4.74 Å². The number of amides is 1. The zero-order chi connectivity index (χ0) is 26.6. The number of nitrogens with zero attached hydrogens (tertiary/aromatic N) is 5. The van der Waals surface area contributed by atoms with E-state index in [0.717, 1.165) is 0 Å². The van der Waals surface area contributed by atoms with E-state index in [9.17, 15) is 18.3 Å². The molecular weight excluding hydrogens is 482 g/mol. The minimum absolute atomic E-state index is 0.0205. The van der Waals surface area contributed by atoms with Crippen molar-refractivity contribution in [2.45, 2.75) is 51.3 Å². The molecule has 1 N–H and O–H groups in total. The summed E-state index contributed by atoms with van der Waals surface area (Å²) in [6.45, 7) is 7.87. The van der Waals surface area contributed by atoms with Crippen molar-refractivity contribution < 1.29 is 23.1 Å². The topological polar surface area (TPSA) is 118 Å². The van der Waals surface area contributed by atoms with Gasteiger partial charge in [0.2, 0.25) is 5.88 Å². The first-order valence-corrected chi connectivity index (χ1v) is 13.4. The first-order valence-electron chi connectivity index (χ1n) is 12.0. The van der Waals surface area contributed by atoms with Crippen LogP contribution in [0.25, 0.3) is 0 Å². The molecule has 36 heavy (non-hydrogen) atoms. The number of aromatic nitrogens is 3. The lowest BCUT2D eigenvalue weighted by Gasteiger charge is -2.37. The van der Waals surface area contributed by atoms with Gasteiger partial charge in [-0.15, -0.1) is 0 Å². The zero-order valence-corrected chi connectivity index (χ0v) is 22.5. The molecular formula is C25H35N5O5S. The van der Waals surface area contributed by atoms with Gasteiger partial charge < -0.3 is 19.3 Å². The van der Waals surface area contributed by atoms with E-state index in [-0.39, 0.29) is 48.0 Å².